The highest BCUT2D eigenvalue weighted by molar-refractivity contribution is 6.64. The van der Waals surface area contributed by atoms with E-state index < -0.39 is 11.7 Å². The van der Waals surface area contributed by atoms with Crippen molar-refractivity contribution >= 4 is 23.2 Å². The highest BCUT2D eigenvalue weighted by Gasteiger charge is 2.09. The number of carboxylic acids is 1. The zero-order valence-electron chi connectivity index (χ0n) is 6.30. The summed E-state index contributed by atoms with van der Waals surface area (Å²) in [7, 11) is 0. The first-order valence-corrected chi connectivity index (χ1v) is 2.87. The van der Waals surface area contributed by atoms with E-state index >= 15 is 0 Å². The highest BCUT2D eigenvalue weighted by atomic mass is 16.4. The van der Waals surface area contributed by atoms with Crippen LogP contribution in [0.2, 0.25) is 0 Å². The van der Waals surface area contributed by atoms with E-state index in [1.165, 1.54) is 13.8 Å². The summed E-state index contributed by atoms with van der Waals surface area (Å²) in [5.74, 6) is -1.33. The lowest BCUT2D eigenvalue weighted by molar-refractivity contribution is -0.129. The molecule has 11 heavy (non-hydrogen) atoms. The van der Waals surface area contributed by atoms with Crippen LogP contribution in [0.15, 0.2) is 4.99 Å². The Balaban J connectivity index is 4.49. The van der Waals surface area contributed by atoms with Crippen molar-refractivity contribution in [3.8, 4) is 0 Å². The molecule has 0 aliphatic heterocycles. The molecular formula is C6H9N3O2. The Morgan fingerprint density at radius 2 is 1.82 bits per heavy atom. The van der Waals surface area contributed by atoms with Gasteiger partial charge in [0.1, 0.15) is 5.84 Å². The third kappa shape index (κ3) is 3.24. The minimum atomic E-state index is -1.33. The van der Waals surface area contributed by atoms with Gasteiger partial charge >= 0.3 is 5.97 Å². The van der Waals surface area contributed by atoms with Gasteiger partial charge in [0, 0.05) is 0 Å². The van der Waals surface area contributed by atoms with Crippen molar-refractivity contribution in [3.63, 3.8) is 0 Å². The summed E-state index contributed by atoms with van der Waals surface area (Å²) < 4.78 is 0. The number of hydrogen-bond donors (Lipinski definition) is 3. The van der Waals surface area contributed by atoms with E-state index in [4.69, 9.17) is 15.9 Å². The summed E-state index contributed by atoms with van der Waals surface area (Å²) in [5, 5.41) is 22.1. The Labute approximate surface area is 63.8 Å². The zero-order valence-corrected chi connectivity index (χ0v) is 6.30. The van der Waals surface area contributed by atoms with Crippen LogP contribution in [-0.4, -0.2) is 28.3 Å². The number of carbonyl (C=O) groups is 1. The van der Waals surface area contributed by atoms with E-state index in [-0.39, 0.29) is 11.5 Å². The molecule has 5 nitrogen and oxygen atoms in total. The second kappa shape index (κ2) is 3.60. The molecule has 0 aromatic heterocycles. The number of nitrogens with one attached hydrogen (secondary N) is 2. The predicted octanol–water partition coefficient (Wildman–Crippen LogP) is 0.549. The maximum Gasteiger partial charge on any atom is 0.355 e. The second-order valence-electron chi connectivity index (χ2n) is 1.96. The standard InChI is InChI=1S/C6H9N3O2/c1-3(9-4(2)7)5(8)6(10)11/h7-8H,1-2H3,(H,10,11)/b7-4?,8-5?,9-3-. The van der Waals surface area contributed by atoms with Crippen LogP contribution in [0.1, 0.15) is 13.8 Å². The van der Waals surface area contributed by atoms with Crippen molar-refractivity contribution in [1.29, 1.82) is 10.8 Å². The van der Waals surface area contributed by atoms with Crippen LogP contribution in [0, 0.1) is 10.8 Å². The van der Waals surface area contributed by atoms with Crippen LogP contribution in [0.25, 0.3) is 0 Å². The molecule has 0 saturated heterocycles. The van der Waals surface area contributed by atoms with Gasteiger partial charge in [0.25, 0.3) is 0 Å². The first kappa shape index (κ1) is 9.48. The fraction of sp³-hybridized carbons (Fsp3) is 0.333. The van der Waals surface area contributed by atoms with Crippen LogP contribution in [-0.2, 0) is 4.79 Å². The Bertz CT molecular complexity index is 242. The maximum atomic E-state index is 10.1. The molecule has 0 aromatic carbocycles. The van der Waals surface area contributed by atoms with Gasteiger partial charge in [-0.15, -0.1) is 0 Å². The van der Waals surface area contributed by atoms with E-state index in [9.17, 15) is 4.79 Å². The minimum absolute atomic E-state index is 0.00602. The van der Waals surface area contributed by atoms with E-state index in [1.807, 2.05) is 0 Å². The van der Waals surface area contributed by atoms with Crippen molar-refractivity contribution < 1.29 is 9.90 Å². The summed E-state index contributed by atoms with van der Waals surface area (Å²) in [5.41, 5.74) is -0.526. The van der Waals surface area contributed by atoms with Crippen LogP contribution in [0.5, 0.6) is 0 Å². The molecule has 5 heteroatoms. The van der Waals surface area contributed by atoms with Gasteiger partial charge in [-0.3, -0.25) is 10.8 Å². The van der Waals surface area contributed by atoms with Crippen molar-refractivity contribution in [2.45, 2.75) is 13.8 Å². The molecule has 0 radical (unpaired) electrons. The van der Waals surface area contributed by atoms with E-state index in [2.05, 4.69) is 4.99 Å². The first-order chi connectivity index (χ1) is 4.95. The quantitative estimate of drug-likeness (QED) is 0.401. The van der Waals surface area contributed by atoms with Crippen molar-refractivity contribution in [3.05, 3.63) is 0 Å². The molecule has 0 heterocycles. The number of amidine groups is 1. The number of carboxylic acid groups (broad SMARTS) is 1. The molecule has 0 spiro atoms. The lowest BCUT2D eigenvalue weighted by Gasteiger charge is -1.95. The normalized spacial score (nSPS) is 10.9. The SMILES string of the molecule is CC(=N)/N=C(/C)C(=N)C(=O)O. The zero-order chi connectivity index (χ0) is 9.02. The van der Waals surface area contributed by atoms with Gasteiger partial charge in [-0.25, -0.2) is 9.79 Å². The molecule has 0 aliphatic rings. The molecule has 0 fully saturated rings. The molecule has 0 amide bonds. The van der Waals surface area contributed by atoms with Crippen molar-refractivity contribution in [2.75, 3.05) is 0 Å². The van der Waals surface area contributed by atoms with Gasteiger partial charge in [0.15, 0.2) is 5.71 Å². The number of nitrogens with zero attached hydrogens (tertiary/aromatic N) is 1. The average molecular weight is 155 g/mol. The van der Waals surface area contributed by atoms with Crippen LogP contribution < -0.4 is 0 Å². The summed E-state index contributed by atoms with van der Waals surface area (Å²) >= 11 is 0. The van der Waals surface area contributed by atoms with Crippen LogP contribution in [0.3, 0.4) is 0 Å². The minimum Gasteiger partial charge on any atom is -0.476 e. The Hall–Kier alpha value is -1.52. The third-order valence-electron chi connectivity index (χ3n) is 0.911. The van der Waals surface area contributed by atoms with E-state index in [0.717, 1.165) is 0 Å². The number of rotatable bonds is 2. The van der Waals surface area contributed by atoms with Crippen LogP contribution in [0.4, 0.5) is 0 Å². The topological polar surface area (TPSA) is 97.4 Å². The molecule has 0 rings (SSSR count). The lowest BCUT2D eigenvalue weighted by Crippen LogP contribution is -2.20. The third-order valence-corrected chi connectivity index (χ3v) is 0.911. The van der Waals surface area contributed by atoms with Gasteiger partial charge in [-0.1, -0.05) is 0 Å². The monoisotopic (exact) mass is 155 g/mol. The largest absolute Gasteiger partial charge is 0.476 e. The summed E-state index contributed by atoms with van der Waals surface area (Å²) in [6.45, 7) is 2.80. The lowest BCUT2D eigenvalue weighted by atomic mass is 10.2. The van der Waals surface area contributed by atoms with Crippen molar-refractivity contribution in [1.82, 2.24) is 0 Å². The molecule has 0 atom stereocenters. The summed E-state index contributed by atoms with van der Waals surface area (Å²) in [4.78, 5) is 13.6. The molecule has 3 N–H and O–H groups in total. The molecule has 0 aromatic rings. The number of hydrogen-bond acceptors (Lipinski definition) is 3. The molecule has 60 valence electrons. The average Bonchev–Trinajstić information content (AvgIpc) is 1.84. The molecule has 0 unspecified atom stereocenters. The van der Waals surface area contributed by atoms with E-state index in [1.54, 1.807) is 0 Å². The second-order valence-corrected chi connectivity index (χ2v) is 1.96. The molecule has 0 aliphatic carbocycles. The first-order valence-electron chi connectivity index (χ1n) is 2.87. The fourth-order valence-corrected chi connectivity index (χ4v) is 0.462. The summed E-state index contributed by atoms with van der Waals surface area (Å²) in [6.07, 6.45) is 0. The Morgan fingerprint density at radius 3 is 2.09 bits per heavy atom. The summed E-state index contributed by atoms with van der Waals surface area (Å²) in [6, 6.07) is 0. The smallest absolute Gasteiger partial charge is 0.355 e. The van der Waals surface area contributed by atoms with Gasteiger partial charge < -0.3 is 5.11 Å². The van der Waals surface area contributed by atoms with E-state index in [0.29, 0.717) is 0 Å². The maximum absolute atomic E-state index is 10.1. The molecule has 0 bridgehead atoms. The van der Waals surface area contributed by atoms with Gasteiger partial charge in [0.05, 0.1) is 5.71 Å². The van der Waals surface area contributed by atoms with Crippen molar-refractivity contribution in [2.24, 2.45) is 4.99 Å². The highest BCUT2D eigenvalue weighted by Crippen LogP contribution is 1.83. The fourth-order valence-electron chi connectivity index (χ4n) is 0.462. The van der Waals surface area contributed by atoms with Crippen LogP contribution >= 0.6 is 0 Å². The van der Waals surface area contributed by atoms with Gasteiger partial charge in [-0.05, 0) is 13.8 Å². The Morgan fingerprint density at radius 1 is 1.36 bits per heavy atom. The molecular weight excluding hydrogens is 146 g/mol. The number of aliphatic imine (C=N–C) groups is 1. The van der Waals surface area contributed by atoms with Gasteiger partial charge in [-0.2, -0.15) is 0 Å². The Kier molecular flexibility index (Phi) is 3.10. The predicted molar refractivity (Wildman–Crippen MR) is 41.9 cm³/mol. The molecule has 0 saturated carbocycles. The van der Waals surface area contributed by atoms with Gasteiger partial charge in [0.2, 0.25) is 0 Å². The number of aliphatic carboxylic acids is 1.